The van der Waals surface area contributed by atoms with Gasteiger partial charge in [-0.2, -0.15) is 0 Å². The molecule has 0 spiro atoms. The molecule has 80 valence electrons. The van der Waals surface area contributed by atoms with E-state index < -0.39 is 17.4 Å². The van der Waals surface area contributed by atoms with Crippen molar-refractivity contribution in [2.24, 2.45) is 0 Å². The van der Waals surface area contributed by atoms with Gasteiger partial charge >= 0.3 is 5.97 Å². The van der Waals surface area contributed by atoms with Crippen molar-refractivity contribution in [3.8, 4) is 5.75 Å². The van der Waals surface area contributed by atoms with Crippen LogP contribution in [-0.2, 0) is 9.59 Å². The van der Waals surface area contributed by atoms with Gasteiger partial charge in [0.25, 0.3) is 5.78 Å². The Bertz CT molecular complexity index is 367. The lowest BCUT2D eigenvalue weighted by Gasteiger charge is -2.22. The van der Waals surface area contributed by atoms with E-state index in [-0.39, 0.29) is 0 Å². The molecule has 0 bridgehead atoms. The van der Waals surface area contributed by atoms with Crippen molar-refractivity contribution in [2.45, 2.75) is 19.4 Å². The number of ketones is 1. The van der Waals surface area contributed by atoms with Crippen LogP contribution in [-0.4, -0.2) is 22.5 Å². The van der Waals surface area contributed by atoms with Crippen LogP contribution in [0.15, 0.2) is 30.3 Å². The maximum absolute atomic E-state index is 11.2. The molecule has 0 saturated heterocycles. The molecule has 1 N–H and O–H groups in total. The van der Waals surface area contributed by atoms with Crippen molar-refractivity contribution in [1.82, 2.24) is 0 Å². The van der Waals surface area contributed by atoms with Gasteiger partial charge in [-0.1, -0.05) is 18.2 Å². The number of ether oxygens (including phenoxy) is 1. The lowest BCUT2D eigenvalue weighted by Crippen LogP contribution is -2.42. The molecule has 1 aromatic rings. The number of carbonyl (C=O) groups is 2. The molecule has 15 heavy (non-hydrogen) atoms. The highest BCUT2D eigenvalue weighted by molar-refractivity contribution is 6.35. The second kappa shape index (κ2) is 4.13. The average molecular weight is 208 g/mol. The molecule has 0 saturated carbocycles. The third-order valence-corrected chi connectivity index (χ3v) is 1.86. The van der Waals surface area contributed by atoms with E-state index in [4.69, 9.17) is 9.84 Å². The Morgan fingerprint density at radius 1 is 1.20 bits per heavy atom. The zero-order valence-corrected chi connectivity index (χ0v) is 8.56. The molecule has 0 atom stereocenters. The summed E-state index contributed by atoms with van der Waals surface area (Å²) in [5, 5.41) is 8.57. The fraction of sp³-hybridized carbons (Fsp3) is 0.273. The maximum Gasteiger partial charge on any atom is 0.376 e. The molecule has 1 rings (SSSR count). The number of aliphatic carboxylic acids is 1. The molecule has 0 unspecified atom stereocenters. The summed E-state index contributed by atoms with van der Waals surface area (Å²) in [6.07, 6.45) is 0. The van der Waals surface area contributed by atoms with Gasteiger partial charge in [0.05, 0.1) is 0 Å². The minimum absolute atomic E-state index is 0.470. The minimum Gasteiger partial charge on any atom is -0.479 e. The lowest BCUT2D eigenvalue weighted by atomic mass is 10.0. The number of para-hydroxylation sites is 1. The van der Waals surface area contributed by atoms with Crippen LogP contribution in [0.5, 0.6) is 5.75 Å². The SMILES string of the molecule is CC(C)(Oc1ccccc1)C(=O)C(=O)O. The number of carbonyl (C=O) groups excluding carboxylic acids is 1. The molecular formula is C11H12O4. The van der Waals surface area contributed by atoms with Crippen LogP contribution in [0.25, 0.3) is 0 Å². The number of benzene rings is 1. The van der Waals surface area contributed by atoms with Gasteiger partial charge in [0.15, 0.2) is 5.60 Å². The van der Waals surface area contributed by atoms with Gasteiger partial charge in [0.2, 0.25) is 0 Å². The van der Waals surface area contributed by atoms with E-state index in [2.05, 4.69) is 0 Å². The van der Waals surface area contributed by atoms with Gasteiger partial charge in [-0.15, -0.1) is 0 Å². The zero-order valence-electron chi connectivity index (χ0n) is 8.56. The van der Waals surface area contributed by atoms with Crippen molar-refractivity contribution in [2.75, 3.05) is 0 Å². The monoisotopic (exact) mass is 208 g/mol. The van der Waals surface area contributed by atoms with Crippen LogP contribution in [0.3, 0.4) is 0 Å². The van der Waals surface area contributed by atoms with Gasteiger partial charge in [-0.3, -0.25) is 4.79 Å². The van der Waals surface area contributed by atoms with E-state index in [1.54, 1.807) is 30.3 Å². The van der Waals surface area contributed by atoms with Crippen LogP contribution in [0, 0.1) is 0 Å². The molecule has 4 heteroatoms. The summed E-state index contributed by atoms with van der Waals surface area (Å²) in [5.41, 5.74) is -1.35. The molecule has 0 amide bonds. The first-order valence-corrected chi connectivity index (χ1v) is 4.45. The maximum atomic E-state index is 11.2. The quantitative estimate of drug-likeness (QED) is 0.761. The van der Waals surface area contributed by atoms with Crippen LogP contribution in [0.2, 0.25) is 0 Å². The highest BCUT2D eigenvalue weighted by Crippen LogP contribution is 2.18. The first-order valence-electron chi connectivity index (χ1n) is 4.45. The minimum atomic E-state index is -1.49. The second-order valence-electron chi connectivity index (χ2n) is 3.56. The van der Waals surface area contributed by atoms with E-state index >= 15 is 0 Å². The Morgan fingerprint density at radius 3 is 2.20 bits per heavy atom. The molecule has 0 fully saturated rings. The average Bonchev–Trinajstić information content (AvgIpc) is 2.17. The fourth-order valence-corrected chi connectivity index (χ4v) is 1.09. The summed E-state index contributed by atoms with van der Waals surface area (Å²) in [6, 6.07) is 8.62. The molecule has 4 nitrogen and oxygen atoms in total. The number of Topliss-reactive ketones (excluding diaryl/α,β-unsaturated/α-hetero) is 1. The summed E-state index contributed by atoms with van der Waals surface area (Å²) in [6.45, 7) is 2.85. The van der Waals surface area contributed by atoms with Crippen LogP contribution in [0.4, 0.5) is 0 Å². The topological polar surface area (TPSA) is 63.6 Å². The summed E-state index contributed by atoms with van der Waals surface area (Å²) >= 11 is 0. The van der Waals surface area contributed by atoms with Crippen molar-refractivity contribution in [1.29, 1.82) is 0 Å². The third-order valence-electron chi connectivity index (χ3n) is 1.86. The largest absolute Gasteiger partial charge is 0.479 e. The highest BCUT2D eigenvalue weighted by atomic mass is 16.5. The van der Waals surface area contributed by atoms with Crippen LogP contribution < -0.4 is 4.74 Å². The Kier molecular flexibility index (Phi) is 3.09. The molecule has 0 heterocycles. The van der Waals surface area contributed by atoms with Crippen molar-refractivity contribution in [3.05, 3.63) is 30.3 Å². The Balaban J connectivity index is 2.81. The first kappa shape index (κ1) is 11.2. The summed E-state index contributed by atoms with van der Waals surface area (Å²) in [5.74, 6) is -1.99. The molecule has 0 aromatic heterocycles. The standard InChI is InChI=1S/C11H12O4/c1-11(2,9(12)10(13)14)15-8-6-4-3-5-7-8/h3-7H,1-2H3,(H,13,14). The number of carboxylic acid groups (broad SMARTS) is 1. The number of hydrogen-bond acceptors (Lipinski definition) is 3. The first-order chi connectivity index (χ1) is 6.93. The summed E-state index contributed by atoms with van der Waals surface area (Å²) < 4.78 is 5.29. The van der Waals surface area contributed by atoms with Gasteiger partial charge < -0.3 is 9.84 Å². The number of hydrogen-bond donors (Lipinski definition) is 1. The van der Waals surface area contributed by atoms with E-state index in [0.717, 1.165) is 0 Å². The molecule has 1 aromatic carbocycles. The number of carboxylic acids is 1. The Labute approximate surface area is 87.5 Å². The molecule has 0 radical (unpaired) electrons. The lowest BCUT2D eigenvalue weighted by molar-refractivity contribution is -0.155. The molecule has 0 aliphatic rings. The molecule has 0 aliphatic carbocycles. The zero-order chi connectivity index (χ0) is 11.5. The van der Waals surface area contributed by atoms with Gasteiger partial charge in [0.1, 0.15) is 5.75 Å². The van der Waals surface area contributed by atoms with Gasteiger partial charge in [0, 0.05) is 0 Å². The van der Waals surface area contributed by atoms with E-state index in [1.165, 1.54) is 13.8 Å². The van der Waals surface area contributed by atoms with Crippen LogP contribution in [0.1, 0.15) is 13.8 Å². The van der Waals surface area contributed by atoms with Gasteiger partial charge in [-0.25, -0.2) is 4.79 Å². The summed E-state index contributed by atoms with van der Waals surface area (Å²) in [4.78, 5) is 21.8. The smallest absolute Gasteiger partial charge is 0.376 e. The predicted octanol–water partition coefficient (Wildman–Crippen LogP) is 1.50. The summed E-state index contributed by atoms with van der Waals surface area (Å²) in [7, 11) is 0. The Hall–Kier alpha value is -1.84. The van der Waals surface area contributed by atoms with Crippen molar-refractivity contribution in [3.63, 3.8) is 0 Å². The molecule has 0 aliphatic heterocycles. The third kappa shape index (κ3) is 2.80. The van der Waals surface area contributed by atoms with Crippen LogP contribution >= 0.6 is 0 Å². The normalized spacial score (nSPS) is 10.8. The highest BCUT2D eigenvalue weighted by Gasteiger charge is 2.35. The predicted molar refractivity (Wildman–Crippen MR) is 53.8 cm³/mol. The number of rotatable bonds is 4. The van der Waals surface area contributed by atoms with E-state index in [1.807, 2.05) is 0 Å². The fourth-order valence-electron chi connectivity index (χ4n) is 1.09. The second-order valence-corrected chi connectivity index (χ2v) is 3.56. The Morgan fingerprint density at radius 2 is 1.73 bits per heavy atom. The van der Waals surface area contributed by atoms with E-state index in [0.29, 0.717) is 5.75 Å². The molecular weight excluding hydrogens is 196 g/mol. The van der Waals surface area contributed by atoms with Gasteiger partial charge in [-0.05, 0) is 26.0 Å². The van der Waals surface area contributed by atoms with Crippen molar-refractivity contribution >= 4 is 11.8 Å². The van der Waals surface area contributed by atoms with E-state index in [9.17, 15) is 9.59 Å². The van der Waals surface area contributed by atoms with Crippen molar-refractivity contribution < 1.29 is 19.4 Å².